The Morgan fingerprint density at radius 3 is 2.30 bits per heavy atom. The van der Waals surface area contributed by atoms with Gasteiger partial charge in [0.1, 0.15) is 36.5 Å². The Labute approximate surface area is 413 Å². The Balaban J connectivity index is 1.47. The van der Waals surface area contributed by atoms with Crippen LogP contribution >= 0.6 is 0 Å². The molecule has 3 N–H and O–H groups in total. The van der Waals surface area contributed by atoms with E-state index in [1.165, 1.54) is 12.0 Å². The maximum atomic E-state index is 14.5. The summed E-state index contributed by atoms with van der Waals surface area (Å²) < 4.78 is 31.5. The zero-order valence-corrected chi connectivity index (χ0v) is 42.8. The third kappa shape index (κ3) is 13.8. The molecule has 3 fully saturated rings. The first-order chi connectivity index (χ1) is 33.2. The number of ketones is 3. The summed E-state index contributed by atoms with van der Waals surface area (Å²) in [6, 6.07) is -1.23. The van der Waals surface area contributed by atoms with Crippen LogP contribution in [0.15, 0.2) is 53.9 Å². The van der Waals surface area contributed by atoms with Gasteiger partial charge >= 0.3 is 5.97 Å². The Hall–Kier alpha value is -4.30. The van der Waals surface area contributed by atoms with Crippen molar-refractivity contribution in [3.63, 3.8) is 0 Å². The van der Waals surface area contributed by atoms with Gasteiger partial charge in [-0.15, -0.1) is 5.10 Å². The van der Waals surface area contributed by atoms with Crippen LogP contribution in [0.4, 0.5) is 0 Å². The fourth-order valence-electron chi connectivity index (χ4n) is 10.7. The summed E-state index contributed by atoms with van der Waals surface area (Å²) in [5, 5.41) is 46.4. The average molecular weight is 982 g/mol. The number of cyclic esters (lactones) is 1. The van der Waals surface area contributed by atoms with Crippen molar-refractivity contribution < 1.29 is 63.0 Å². The van der Waals surface area contributed by atoms with Gasteiger partial charge in [-0.3, -0.25) is 19.2 Å². The fraction of sp³-hybridized carbons (Fsp3) is 0.731. The first kappa shape index (κ1) is 56.6. The quantitative estimate of drug-likeness (QED) is 0.185. The van der Waals surface area contributed by atoms with E-state index in [0.717, 1.165) is 18.4 Å². The molecule has 390 valence electrons. The van der Waals surface area contributed by atoms with E-state index in [-0.39, 0.29) is 55.6 Å². The second-order valence-corrected chi connectivity index (χ2v) is 20.4. The van der Waals surface area contributed by atoms with Gasteiger partial charge in [-0.1, -0.05) is 71.1 Å². The number of allylic oxidation sites excluding steroid dienone is 5. The van der Waals surface area contributed by atoms with Gasteiger partial charge in [-0.25, -0.2) is 9.48 Å². The number of methoxy groups -OCH3 is 3. The van der Waals surface area contributed by atoms with Crippen molar-refractivity contribution in [2.45, 2.75) is 180 Å². The van der Waals surface area contributed by atoms with Crippen molar-refractivity contribution in [2.24, 2.45) is 35.5 Å². The smallest absolute Gasteiger partial charge is 0.329 e. The summed E-state index contributed by atoms with van der Waals surface area (Å²) in [5.41, 5.74) is 1.14. The van der Waals surface area contributed by atoms with Gasteiger partial charge in [0, 0.05) is 64.4 Å². The monoisotopic (exact) mass is 982 g/mol. The number of aliphatic hydroxyl groups excluding tert-OH is 2. The molecule has 4 aliphatic rings. The van der Waals surface area contributed by atoms with Crippen LogP contribution in [0.5, 0.6) is 0 Å². The molecule has 3 unspecified atom stereocenters. The molecule has 4 heterocycles. The van der Waals surface area contributed by atoms with Crippen LogP contribution in [-0.2, 0) is 47.7 Å². The van der Waals surface area contributed by atoms with Gasteiger partial charge in [0.25, 0.3) is 11.7 Å². The number of esters is 1. The molecule has 3 aliphatic heterocycles. The highest BCUT2D eigenvalue weighted by molar-refractivity contribution is 6.39. The lowest BCUT2D eigenvalue weighted by molar-refractivity contribution is -0.265. The lowest BCUT2D eigenvalue weighted by Crippen LogP contribution is -2.61. The van der Waals surface area contributed by atoms with E-state index in [1.807, 2.05) is 19.9 Å². The molecular weight excluding hydrogens is 903 g/mol. The van der Waals surface area contributed by atoms with E-state index in [9.17, 15) is 39.3 Å². The molecule has 1 aromatic rings. The molecule has 1 saturated carbocycles. The van der Waals surface area contributed by atoms with Gasteiger partial charge in [0.2, 0.25) is 5.79 Å². The number of hydrogen-bond donors (Lipinski definition) is 3. The molecule has 18 nitrogen and oxygen atoms in total. The predicted octanol–water partition coefficient (Wildman–Crippen LogP) is 5.02. The standard InChI is InChI=1S/C52H79N5O13/c1-30-16-12-11-13-17-31(2)45(59)36(7)47(61)48(68-10)46(60)34(5)24-32(3)41(58)28-43(33(4)25-37-20-22-39(44(26-37)67-9)57-29-53-54-55-57)69-51(64)40-18-14-15-23-56(40)50(63)49(62)52(65)35(6)19-21-38(70-52)27-42(30)66-8/h11-13,16-17,24,29,31-33,35-40,42-46,48,59-60,65H,14-15,18-23,25-28H2,1-10H3/b12-11+,17-13+,30-16+,34-24+/t31-,32-,33-,35-,36-,37+,38+,39?,40+,42+,43+,44-,45?,46-,48?,52-/m1/s1. The highest BCUT2D eigenvalue weighted by Crippen LogP contribution is 2.39. The molecule has 0 spiro atoms. The van der Waals surface area contributed by atoms with Crippen LogP contribution in [0.1, 0.15) is 125 Å². The highest BCUT2D eigenvalue weighted by atomic mass is 16.6. The number of aromatic nitrogens is 4. The molecular formula is C52H79N5O13. The second-order valence-electron chi connectivity index (χ2n) is 20.4. The third-order valence-electron chi connectivity index (χ3n) is 15.4. The SMILES string of the molecule is COC1C(=O)[C@H](C)C(O)[C@H](C)/C=C/C=C/C=C(\C)[C@@H](OC)C[C@@H]2CC[C@@H](C)[C@@](O)(O2)C(=O)C(=O)N2CCCC[C@H]2C(=O)O[C@H]([C@H](C)C[C@@H]2CCC(n3cnnn3)[C@H](OC)C2)CC(=O)[C@H](C)/C=C(\C)[C@H]1O. The highest BCUT2D eigenvalue weighted by Gasteiger charge is 2.53. The summed E-state index contributed by atoms with van der Waals surface area (Å²) >= 11 is 0. The Bertz CT molecular complexity index is 2060. The number of nitrogens with zero attached hydrogens (tertiary/aromatic N) is 5. The minimum absolute atomic E-state index is 0.0656. The van der Waals surface area contributed by atoms with Crippen molar-refractivity contribution in [2.75, 3.05) is 27.9 Å². The van der Waals surface area contributed by atoms with Crippen LogP contribution in [0, 0.1) is 35.5 Å². The number of carbonyl (C=O) groups is 5. The molecule has 1 amide bonds. The molecule has 1 aliphatic carbocycles. The Morgan fingerprint density at radius 1 is 0.886 bits per heavy atom. The lowest BCUT2D eigenvalue weighted by atomic mass is 9.77. The summed E-state index contributed by atoms with van der Waals surface area (Å²) in [5.74, 6) is -9.37. The summed E-state index contributed by atoms with van der Waals surface area (Å²) in [7, 11) is 4.51. The maximum absolute atomic E-state index is 14.5. The fourth-order valence-corrected chi connectivity index (χ4v) is 10.7. The lowest BCUT2D eigenvalue weighted by Gasteiger charge is -2.42. The third-order valence-corrected chi connectivity index (χ3v) is 15.4. The zero-order valence-electron chi connectivity index (χ0n) is 42.8. The number of carbonyl (C=O) groups excluding carboxylic acids is 5. The molecule has 18 heteroatoms. The van der Waals surface area contributed by atoms with Crippen molar-refractivity contribution >= 4 is 29.2 Å². The Morgan fingerprint density at radius 2 is 1.63 bits per heavy atom. The Kier molecular flexibility index (Phi) is 20.9. The summed E-state index contributed by atoms with van der Waals surface area (Å²) in [4.78, 5) is 72.4. The summed E-state index contributed by atoms with van der Waals surface area (Å²) in [6.07, 6.45) is 11.0. The number of rotatable bonds is 7. The number of piperidine rings is 1. The van der Waals surface area contributed by atoms with Crippen LogP contribution < -0.4 is 0 Å². The number of ether oxygens (including phenoxy) is 5. The molecule has 70 heavy (non-hydrogen) atoms. The van der Waals surface area contributed by atoms with Crippen LogP contribution in [0.2, 0.25) is 0 Å². The first-order valence-electron chi connectivity index (χ1n) is 25.1. The average Bonchev–Trinajstić information content (AvgIpc) is 3.90. The number of aliphatic hydroxyl groups is 3. The number of hydrogen-bond acceptors (Lipinski definition) is 16. The second kappa shape index (κ2) is 25.9. The van der Waals surface area contributed by atoms with E-state index in [2.05, 4.69) is 15.5 Å². The number of fused-ring (bicyclic) bond motifs is 3. The topological polar surface area (TPSA) is 239 Å². The van der Waals surface area contributed by atoms with E-state index < -0.39 is 95.6 Å². The van der Waals surface area contributed by atoms with Gasteiger partial charge in [0.15, 0.2) is 5.78 Å². The van der Waals surface area contributed by atoms with Crippen molar-refractivity contribution in [3.05, 3.63) is 53.9 Å². The van der Waals surface area contributed by atoms with Gasteiger partial charge < -0.3 is 43.9 Å². The largest absolute Gasteiger partial charge is 0.460 e. The number of amides is 1. The van der Waals surface area contributed by atoms with E-state index in [0.29, 0.717) is 44.1 Å². The molecule has 2 saturated heterocycles. The minimum atomic E-state index is -2.46. The first-order valence-corrected chi connectivity index (χ1v) is 25.1. The molecule has 0 aromatic carbocycles. The predicted molar refractivity (Wildman–Crippen MR) is 257 cm³/mol. The molecule has 5 rings (SSSR count). The van der Waals surface area contributed by atoms with Crippen LogP contribution in [0.25, 0.3) is 0 Å². The molecule has 0 radical (unpaired) electrons. The number of tetrazole rings is 1. The van der Waals surface area contributed by atoms with Gasteiger partial charge in [0.05, 0.1) is 30.5 Å². The molecule has 1 aromatic heterocycles. The number of Topliss-reactive ketones (excluding diaryl/α,β-unsaturated/α-hetero) is 3. The minimum Gasteiger partial charge on any atom is -0.460 e. The van der Waals surface area contributed by atoms with Crippen molar-refractivity contribution in [1.29, 1.82) is 0 Å². The van der Waals surface area contributed by atoms with E-state index in [4.69, 9.17) is 23.7 Å². The maximum Gasteiger partial charge on any atom is 0.329 e. The normalized spacial score (nSPS) is 39.4. The van der Waals surface area contributed by atoms with Crippen LogP contribution in [0.3, 0.4) is 0 Å². The zero-order chi connectivity index (χ0) is 51.4. The van der Waals surface area contributed by atoms with Gasteiger partial charge in [-0.2, -0.15) is 0 Å². The summed E-state index contributed by atoms with van der Waals surface area (Å²) in [6.45, 7) is 12.2. The van der Waals surface area contributed by atoms with Crippen molar-refractivity contribution in [3.8, 4) is 0 Å². The van der Waals surface area contributed by atoms with Crippen LogP contribution in [-0.4, -0.2) is 152 Å². The van der Waals surface area contributed by atoms with E-state index >= 15 is 0 Å². The van der Waals surface area contributed by atoms with Crippen molar-refractivity contribution in [1.82, 2.24) is 25.1 Å². The van der Waals surface area contributed by atoms with Gasteiger partial charge in [-0.05, 0) is 105 Å². The molecule has 16 atom stereocenters. The molecule has 2 bridgehead atoms. The van der Waals surface area contributed by atoms with E-state index in [1.54, 1.807) is 90.2 Å².